The highest BCUT2D eigenvalue weighted by molar-refractivity contribution is 7.07. The molecule has 3 aromatic carbocycles. The van der Waals surface area contributed by atoms with E-state index < -0.39 is 11.7 Å². The number of nitrogens with one attached hydrogen (secondary N) is 1. The molecule has 1 amide bonds. The summed E-state index contributed by atoms with van der Waals surface area (Å²) in [6.07, 6.45) is 0.962. The highest BCUT2D eigenvalue weighted by Crippen LogP contribution is 2.45. The second-order valence-corrected chi connectivity index (χ2v) is 9.11. The molecule has 5 rings (SSSR count). The van der Waals surface area contributed by atoms with Crippen molar-refractivity contribution in [1.82, 2.24) is 9.88 Å². The van der Waals surface area contributed by atoms with Gasteiger partial charge in [-0.3, -0.25) is 14.2 Å². The van der Waals surface area contributed by atoms with E-state index in [2.05, 4.69) is 5.32 Å². The molecule has 1 saturated carbocycles. The van der Waals surface area contributed by atoms with Crippen molar-refractivity contribution in [1.29, 1.82) is 0 Å². The van der Waals surface area contributed by atoms with Crippen molar-refractivity contribution in [3.05, 3.63) is 105 Å². The van der Waals surface area contributed by atoms with E-state index in [1.807, 2.05) is 24.3 Å². The lowest BCUT2D eigenvalue weighted by atomic mass is 9.72. The first-order valence-corrected chi connectivity index (χ1v) is 11.9. The molecule has 0 bridgehead atoms. The zero-order valence-corrected chi connectivity index (χ0v) is 19.3. The lowest BCUT2D eigenvalue weighted by Crippen LogP contribution is -2.55. The molecule has 1 fully saturated rings. The predicted octanol–water partition coefficient (Wildman–Crippen LogP) is 5.33. The van der Waals surface area contributed by atoms with Gasteiger partial charge in [0.1, 0.15) is 5.75 Å². The Morgan fingerprint density at radius 1 is 1.09 bits per heavy atom. The second-order valence-electron chi connectivity index (χ2n) is 8.29. The number of alkyl halides is 1. The maximum atomic E-state index is 15.6. The van der Waals surface area contributed by atoms with Crippen molar-refractivity contribution in [2.75, 3.05) is 7.11 Å². The van der Waals surface area contributed by atoms with Crippen LogP contribution in [0.25, 0.3) is 16.9 Å². The van der Waals surface area contributed by atoms with Crippen molar-refractivity contribution in [2.24, 2.45) is 0 Å². The second kappa shape index (κ2) is 8.91. The normalized spacial score (nSPS) is 19.3. The fourth-order valence-corrected chi connectivity index (χ4v) is 5.10. The first kappa shape index (κ1) is 22.1. The molecule has 172 valence electrons. The van der Waals surface area contributed by atoms with Crippen LogP contribution in [0.2, 0.25) is 0 Å². The molecule has 5 nitrogen and oxygen atoms in total. The van der Waals surface area contributed by atoms with Gasteiger partial charge >= 0.3 is 4.87 Å². The molecule has 1 heterocycles. The van der Waals surface area contributed by atoms with Gasteiger partial charge < -0.3 is 10.1 Å². The number of hydrogen-bond acceptors (Lipinski definition) is 4. The molecule has 0 saturated heterocycles. The Labute approximate surface area is 200 Å². The van der Waals surface area contributed by atoms with Gasteiger partial charge in [0.15, 0.2) is 5.67 Å². The molecule has 1 aromatic heterocycles. The van der Waals surface area contributed by atoms with E-state index in [9.17, 15) is 9.59 Å². The van der Waals surface area contributed by atoms with Crippen LogP contribution in [-0.4, -0.2) is 23.6 Å². The van der Waals surface area contributed by atoms with E-state index >= 15 is 4.39 Å². The fourth-order valence-electron chi connectivity index (χ4n) is 4.33. The summed E-state index contributed by atoms with van der Waals surface area (Å²) in [5.74, 6) is 0.362. The number of amides is 1. The molecule has 0 aliphatic heterocycles. The third-order valence-corrected chi connectivity index (χ3v) is 7.08. The topological polar surface area (TPSA) is 60.3 Å². The van der Waals surface area contributed by atoms with E-state index in [1.165, 1.54) is 0 Å². The van der Waals surface area contributed by atoms with Gasteiger partial charge in [-0.1, -0.05) is 53.8 Å². The van der Waals surface area contributed by atoms with E-state index in [1.54, 1.807) is 71.7 Å². The van der Waals surface area contributed by atoms with Crippen molar-refractivity contribution >= 4 is 17.2 Å². The van der Waals surface area contributed by atoms with Gasteiger partial charge in [-0.15, -0.1) is 0 Å². The first-order chi connectivity index (χ1) is 16.5. The van der Waals surface area contributed by atoms with Gasteiger partial charge in [0.25, 0.3) is 5.91 Å². The third kappa shape index (κ3) is 3.92. The largest absolute Gasteiger partial charge is 0.497 e. The summed E-state index contributed by atoms with van der Waals surface area (Å²) in [5.41, 5.74) is 1.56. The van der Waals surface area contributed by atoms with Crippen LogP contribution in [0.4, 0.5) is 4.39 Å². The van der Waals surface area contributed by atoms with Gasteiger partial charge in [0, 0.05) is 16.5 Å². The van der Waals surface area contributed by atoms with E-state index in [0.29, 0.717) is 41.1 Å². The van der Waals surface area contributed by atoms with Crippen molar-refractivity contribution < 1.29 is 13.9 Å². The quantitative estimate of drug-likeness (QED) is 0.411. The first-order valence-electron chi connectivity index (χ1n) is 11.0. The van der Waals surface area contributed by atoms with Crippen molar-refractivity contribution in [2.45, 2.75) is 24.6 Å². The highest BCUT2D eigenvalue weighted by atomic mass is 32.1. The average Bonchev–Trinajstić information content (AvgIpc) is 3.27. The number of benzene rings is 3. The zero-order chi connectivity index (χ0) is 23.7. The van der Waals surface area contributed by atoms with Crippen LogP contribution in [0.15, 0.2) is 89.0 Å². The molecule has 0 spiro atoms. The van der Waals surface area contributed by atoms with Crippen molar-refractivity contribution in [3.8, 4) is 22.7 Å². The summed E-state index contributed by atoms with van der Waals surface area (Å²) < 4.78 is 22.4. The van der Waals surface area contributed by atoms with Crippen LogP contribution < -0.4 is 14.9 Å². The number of thiazole rings is 1. The number of hydrogen-bond donors (Lipinski definition) is 1. The summed E-state index contributed by atoms with van der Waals surface area (Å²) in [5, 5.41) is 4.65. The number of methoxy groups -OCH3 is 1. The molecule has 34 heavy (non-hydrogen) atoms. The molecule has 2 unspecified atom stereocenters. The van der Waals surface area contributed by atoms with Gasteiger partial charge in [0.2, 0.25) is 0 Å². The Balaban J connectivity index is 1.41. The molecule has 2 atom stereocenters. The lowest BCUT2D eigenvalue weighted by Gasteiger charge is -2.43. The average molecular weight is 475 g/mol. The number of halogens is 1. The van der Waals surface area contributed by atoms with Crippen LogP contribution in [0.3, 0.4) is 0 Å². The number of aromatic nitrogens is 1. The maximum absolute atomic E-state index is 15.6. The smallest absolute Gasteiger partial charge is 0.312 e. The summed E-state index contributed by atoms with van der Waals surface area (Å²) in [6.45, 7) is 0. The number of carbonyl (C=O) groups is 1. The Morgan fingerprint density at radius 3 is 2.53 bits per heavy atom. The van der Waals surface area contributed by atoms with Gasteiger partial charge in [-0.2, -0.15) is 0 Å². The van der Waals surface area contributed by atoms with Crippen LogP contribution >= 0.6 is 11.3 Å². The van der Waals surface area contributed by atoms with Gasteiger partial charge in [0.05, 0.1) is 24.5 Å². The Bertz CT molecular complexity index is 1380. The molecule has 0 radical (unpaired) electrons. The number of rotatable bonds is 6. The number of nitrogens with zero attached hydrogens (tertiary/aromatic N) is 1. The fraction of sp³-hybridized carbons (Fsp3) is 0.185. The third-order valence-electron chi connectivity index (χ3n) is 6.35. The molecular weight excluding hydrogens is 451 g/mol. The van der Waals surface area contributed by atoms with Crippen LogP contribution in [-0.2, 0) is 5.67 Å². The van der Waals surface area contributed by atoms with Crippen LogP contribution in [0.5, 0.6) is 5.75 Å². The molecule has 1 aliphatic rings. The summed E-state index contributed by atoms with van der Waals surface area (Å²) in [6, 6.07) is 22.7. The summed E-state index contributed by atoms with van der Waals surface area (Å²) >= 11 is 1.09. The Hall–Kier alpha value is -3.71. The molecular formula is C27H23FN2O3S. The molecule has 7 heteroatoms. The molecule has 4 aromatic rings. The van der Waals surface area contributed by atoms with Crippen LogP contribution in [0, 0.1) is 0 Å². The maximum Gasteiger partial charge on any atom is 0.312 e. The van der Waals surface area contributed by atoms with Gasteiger partial charge in [-0.05, 0) is 54.8 Å². The van der Waals surface area contributed by atoms with Gasteiger partial charge in [-0.25, -0.2) is 4.39 Å². The molecule has 1 N–H and O–H groups in total. The predicted molar refractivity (Wildman–Crippen MR) is 132 cm³/mol. The van der Waals surface area contributed by atoms with E-state index in [4.69, 9.17) is 4.74 Å². The number of carbonyl (C=O) groups excluding carboxylic acids is 1. The minimum atomic E-state index is -1.56. The number of ether oxygens (including phenoxy) is 1. The zero-order valence-electron chi connectivity index (χ0n) is 18.5. The van der Waals surface area contributed by atoms with E-state index in [0.717, 1.165) is 16.9 Å². The standard InChI is InChI=1S/C27H23FN2O3S/c1-33-22-12-10-21(11-13-22)30-23(17-34-26(30)32)18-6-5-7-19(16-18)25(31)29-24-14-15-27(24,28)20-8-3-2-4-9-20/h2-13,16-17,24H,14-15H2,1H3,(H,29,31). The highest BCUT2D eigenvalue weighted by Gasteiger charge is 2.49. The summed E-state index contributed by atoms with van der Waals surface area (Å²) in [7, 11) is 1.59. The van der Waals surface area contributed by atoms with Crippen LogP contribution in [0.1, 0.15) is 28.8 Å². The lowest BCUT2D eigenvalue weighted by molar-refractivity contribution is 0.0106. The summed E-state index contributed by atoms with van der Waals surface area (Å²) in [4.78, 5) is 25.5. The Kier molecular flexibility index (Phi) is 5.79. The van der Waals surface area contributed by atoms with Crippen molar-refractivity contribution in [3.63, 3.8) is 0 Å². The minimum absolute atomic E-state index is 0.130. The Morgan fingerprint density at radius 2 is 1.85 bits per heavy atom. The monoisotopic (exact) mass is 474 g/mol. The molecule has 1 aliphatic carbocycles. The minimum Gasteiger partial charge on any atom is -0.497 e. The SMILES string of the molecule is COc1ccc(-n2c(-c3cccc(C(=O)NC4CCC4(F)c4ccccc4)c3)csc2=O)cc1. The van der Waals surface area contributed by atoms with E-state index in [-0.39, 0.29) is 10.8 Å².